The van der Waals surface area contributed by atoms with Gasteiger partial charge in [-0.3, -0.25) is 4.68 Å². The average Bonchev–Trinajstić information content (AvgIpc) is 2.45. The normalized spacial score (nSPS) is 17.2. The van der Waals surface area contributed by atoms with Crippen LogP contribution in [0.3, 0.4) is 0 Å². The molecule has 72 valence electrons. The Morgan fingerprint density at radius 1 is 1.46 bits per heavy atom. The van der Waals surface area contributed by atoms with E-state index in [1.54, 1.807) is 0 Å². The second kappa shape index (κ2) is 2.84. The third-order valence-electron chi connectivity index (χ3n) is 2.45. The maximum atomic E-state index is 4.45. The number of nitrogens with zero attached hydrogens (tertiary/aromatic N) is 2. The van der Waals surface area contributed by atoms with Crippen LogP contribution in [0.2, 0.25) is 0 Å². The van der Waals surface area contributed by atoms with E-state index in [0.717, 1.165) is 19.5 Å². The van der Waals surface area contributed by atoms with Crippen molar-refractivity contribution in [1.82, 2.24) is 15.1 Å². The summed E-state index contributed by atoms with van der Waals surface area (Å²) in [6, 6.07) is 0. The highest BCUT2D eigenvalue weighted by atomic mass is 15.3. The van der Waals surface area contributed by atoms with E-state index in [0.29, 0.717) is 0 Å². The molecule has 0 spiro atoms. The Balaban J connectivity index is 2.43. The Morgan fingerprint density at radius 2 is 2.23 bits per heavy atom. The van der Waals surface area contributed by atoms with Crippen LogP contribution in [0.1, 0.15) is 32.0 Å². The molecule has 1 N–H and O–H groups in total. The first-order valence-electron chi connectivity index (χ1n) is 4.86. The highest BCUT2D eigenvalue weighted by Gasteiger charge is 2.21. The van der Waals surface area contributed by atoms with Crippen molar-refractivity contribution in [2.45, 2.75) is 39.3 Å². The van der Waals surface area contributed by atoms with Crippen LogP contribution in [0.4, 0.5) is 0 Å². The highest BCUT2D eigenvalue weighted by molar-refractivity contribution is 5.21. The second-order valence-corrected chi connectivity index (χ2v) is 4.63. The molecular formula is C10H17N3. The molecule has 0 fully saturated rings. The standard InChI is InChI=1S/C10H17N3/c1-10(2,3)13-9-7-11-5-4-8(9)6-12-13/h6,11H,4-5,7H2,1-3H3. The molecule has 13 heavy (non-hydrogen) atoms. The van der Waals surface area contributed by atoms with Crippen molar-refractivity contribution in [3.8, 4) is 0 Å². The summed E-state index contributed by atoms with van der Waals surface area (Å²) in [5.41, 5.74) is 2.87. The van der Waals surface area contributed by atoms with Crippen LogP contribution in [-0.4, -0.2) is 16.3 Å². The molecule has 3 heteroatoms. The maximum absolute atomic E-state index is 4.45. The lowest BCUT2D eigenvalue weighted by atomic mass is 10.1. The Labute approximate surface area is 79.1 Å². The molecule has 1 aromatic heterocycles. The topological polar surface area (TPSA) is 29.9 Å². The number of rotatable bonds is 0. The predicted octanol–water partition coefficient (Wildman–Crippen LogP) is 1.28. The summed E-state index contributed by atoms with van der Waals surface area (Å²) in [5, 5.41) is 7.82. The summed E-state index contributed by atoms with van der Waals surface area (Å²) in [6.45, 7) is 8.62. The molecule has 0 amide bonds. The van der Waals surface area contributed by atoms with E-state index in [-0.39, 0.29) is 5.54 Å². The summed E-state index contributed by atoms with van der Waals surface area (Å²) in [4.78, 5) is 0. The van der Waals surface area contributed by atoms with E-state index in [9.17, 15) is 0 Å². The largest absolute Gasteiger partial charge is 0.311 e. The smallest absolute Gasteiger partial charge is 0.0560 e. The van der Waals surface area contributed by atoms with Crippen LogP contribution < -0.4 is 5.32 Å². The van der Waals surface area contributed by atoms with E-state index < -0.39 is 0 Å². The van der Waals surface area contributed by atoms with Gasteiger partial charge in [-0.05, 0) is 39.3 Å². The lowest BCUT2D eigenvalue weighted by Gasteiger charge is -2.24. The number of hydrogen-bond donors (Lipinski definition) is 1. The third-order valence-corrected chi connectivity index (χ3v) is 2.45. The molecule has 0 unspecified atom stereocenters. The fourth-order valence-corrected chi connectivity index (χ4v) is 1.81. The first-order chi connectivity index (χ1) is 6.09. The van der Waals surface area contributed by atoms with E-state index in [2.05, 4.69) is 35.9 Å². The molecule has 2 rings (SSSR count). The SMILES string of the molecule is CC(C)(C)n1ncc2c1CNCC2. The zero-order valence-corrected chi connectivity index (χ0v) is 8.59. The lowest BCUT2D eigenvalue weighted by Crippen LogP contribution is -2.31. The first kappa shape index (κ1) is 8.75. The molecule has 1 aliphatic rings. The van der Waals surface area contributed by atoms with Crippen LogP contribution >= 0.6 is 0 Å². The quantitative estimate of drug-likeness (QED) is 0.650. The van der Waals surface area contributed by atoms with Gasteiger partial charge < -0.3 is 5.32 Å². The van der Waals surface area contributed by atoms with Crippen LogP contribution in [-0.2, 0) is 18.5 Å². The third kappa shape index (κ3) is 1.48. The lowest BCUT2D eigenvalue weighted by molar-refractivity contribution is 0.337. The molecular weight excluding hydrogens is 162 g/mol. The highest BCUT2D eigenvalue weighted by Crippen LogP contribution is 2.20. The zero-order valence-electron chi connectivity index (χ0n) is 8.59. The van der Waals surface area contributed by atoms with E-state index >= 15 is 0 Å². The molecule has 0 bridgehead atoms. The second-order valence-electron chi connectivity index (χ2n) is 4.63. The summed E-state index contributed by atoms with van der Waals surface area (Å²) in [5.74, 6) is 0. The summed E-state index contributed by atoms with van der Waals surface area (Å²) in [7, 11) is 0. The fourth-order valence-electron chi connectivity index (χ4n) is 1.81. The van der Waals surface area contributed by atoms with Gasteiger partial charge in [0.2, 0.25) is 0 Å². The Morgan fingerprint density at radius 3 is 2.92 bits per heavy atom. The van der Waals surface area contributed by atoms with Gasteiger partial charge in [-0.1, -0.05) is 0 Å². The van der Waals surface area contributed by atoms with Crippen LogP contribution in [0.15, 0.2) is 6.20 Å². The minimum atomic E-state index is 0.104. The van der Waals surface area contributed by atoms with Gasteiger partial charge in [0, 0.05) is 6.54 Å². The summed E-state index contributed by atoms with van der Waals surface area (Å²) in [6.07, 6.45) is 3.13. The van der Waals surface area contributed by atoms with Crippen LogP contribution in [0.5, 0.6) is 0 Å². The first-order valence-corrected chi connectivity index (χ1v) is 4.86. The minimum Gasteiger partial charge on any atom is -0.311 e. The van der Waals surface area contributed by atoms with Crippen molar-refractivity contribution >= 4 is 0 Å². The van der Waals surface area contributed by atoms with Crippen LogP contribution in [0.25, 0.3) is 0 Å². The van der Waals surface area contributed by atoms with Gasteiger partial charge in [-0.15, -0.1) is 0 Å². The fraction of sp³-hybridized carbons (Fsp3) is 0.700. The van der Waals surface area contributed by atoms with Gasteiger partial charge in [0.05, 0.1) is 17.4 Å². The summed E-state index contributed by atoms with van der Waals surface area (Å²) >= 11 is 0. The number of hydrogen-bond acceptors (Lipinski definition) is 2. The van der Waals surface area contributed by atoms with Crippen molar-refractivity contribution in [3.63, 3.8) is 0 Å². The molecule has 3 nitrogen and oxygen atoms in total. The predicted molar refractivity (Wildman–Crippen MR) is 52.6 cm³/mol. The van der Waals surface area contributed by atoms with E-state index in [1.165, 1.54) is 11.3 Å². The zero-order chi connectivity index (χ0) is 9.47. The number of aromatic nitrogens is 2. The van der Waals surface area contributed by atoms with Crippen molar-refractivity contribution in [1.29, 1.82) is 0 Å². The Bertz CT molecular complexity index is 306. The molecule has 1 aliphatic heterocycles. The van der Waals surface area contributed by atoms with Crippen molar-refractivity contribution in [2.24, 2.45) is 0 Å². The van der Waals surface area contributed by atoms with E-state index in [4.69, 9.17) is 0 Å². The average molecular weight is 179 g/mol. The molecule has 0 saturated carbocycles. The number of nitrogens with one attached hydrogen (secondary N) is 1. The van der Waals surface area contributed by atoms with Gasteiger partial charge in [-0.25, -0.2) is 0 Å². The van der Waals surface area contributed by atoms with E-state index in [1.807, 2.05) is 6.20 Å². The summed E-state index contributed by atoms with van der Waals surface area (Å²) < 4.78 is 2.13. The molecule has 0 radical (unpaired) electrons. The van der Waals surface area contributed by atoms with Crippen molar-refractivity contribution in [2.75, 3.05) is 6.54 Å². The molecule has 0 aliphatic carbocycles. The van der Waals surface area contributed by atoms with Crippen molar-refractivity contribution in [3.05, 3.63) is 17.5 Å². The Hall–Kier alpha value is -0.830. The van der Waals surface area contributed by atoms with Gasteiger partial charge in [0.25, 0.3) is 0 Å². The Kier molecular flexibility index (Phi) is 1.91. The van der Waals surface area contributed by atoms with Gasteiger partial charge in [0.15, 0.2) is 0 Å². The van der Waals surface area contributed by atoms with Crippen molar-refractivity contribution < 1.29 is 0 Å². The molecule has 0 aromatic carbocycles. The number of fused-ring (bicyclic) bond motifs is 1. The molecule has 0 saturated heterocycles. The van der Waals surface area contributed by atoms with Gasteiger partial charge in [0.1, 0.15) is 0 Å². The monoisotopic (exact) mass is 179 g/mol. The molecule has 1 aromatic rings. The van der Waals surface area contributed by atoms with Crippen LogP contribution in [0, 0.1) is 0 Å². The molecule has 2 heterocycles. The minimum absolute atomic E-state index is 0.104. The maximum Gasteiger partial charge on any atom is 0.0560 e. The molecule has 0 atom stereocenters. The van der Waals surface area contributed by atoms with Gasteiger partial charge in [-0.2, -0.15) is 5.10 Å². The van der Waals surface area contributed by atoms with Gasteiger partial charge >= 0.3 is 0 Å².